The highest BCUT2D eigenvalue weighted by Gasteiger charge is 2.21. The van der Waals surface area contributed by atoms with Crippen LogP contribution in [-0.2, 0) is 11.3 Å². The predicted octanol–water partition coefficient (Wildman–Crippen LogP) is 4.52. The molecule has 2 aromatic carbocycles. The van der Waals surface area contributed by atoms with Gasteiger partial charge in [0, 0.05) is 42.2 Å². The fourth-order valence-corrected chi connectivity index (χ4v) is 3.96. The summed E-state index contributed by atoms with van der Waals surface area (Å²) in [4.78, 5) is 30.7. The van der Waals surface area contributed by atoms with E-state index in [4.69, 9.17) is 21.1 Å². The van der Waals surface area contributed by atoms with Gasteiger partial charge in [-0.15, -0.1) is 0 Å². The lowest BCUT2D eigenvalue weighted by atomic mass is 10.1. The van der Waals surface area contributed by atoms with Gasteiger partial charge in [0.05, 0.1) is 12.6 Å². The van der Waals surface area contributed by atoms with Gasteiger partial charge in [-0.1, -0.05) is 23.7 Å². The van der Waals surface area contributed by atoms with Crippen molar-refractivity contribution < 1.29 is 18.7 Å². The Morgan fingerprint density at radius 2 is 1.94 bits per heavy atom. The molecule has 10 heteroatoms. The molecule has 2 N–H and O–H groups in total. The Labute approximate surface area is 213 Å². The van der Waals surface area contributed by atoms with E-state index in [1.165, 1.54) is 22.9 Å². The first-order valence-electron chi connectivity index (χ1n) is 11.8. The number of hydrogen-bond acceptors (Lipinski definition) is 6. The maximum Gasteiger partial charge on any atom is 0.268 e. The van der Waals surface area contributed by atoms with Crippen LogP contribution in [0.25, 0.3) is 0 Å². The number of hydrogen-bond donors (Lipinski definition) is 2. The van der Waals surface area contributed by atoms with Crippen LogP contribution in [0.4, 0.5) is 16.0 Å². The summed E-state index contributed by atoms with van der Waals surface area (Å²) in [5, 5.41) is 6.46. The quantitative estimate of drug-likeness (QED) is 0.459. The Balaban J connectivity index is 1.65. The summed E-state index contributed by atoms with van der Waals surface area (Å²) >= 11 is 6.00. The van der Waals surface area contributed by atoms with Crippen LogP contribution in [0.2, 0.25) is 5.02 Å². The minimum Gasteiger partial charge on any atom is -0.488 e. The van der Waals surface area contributed by atoms with Gasteiger partial charge in [-0.25, -0.2) is 9.37 Å². The van der Waals surface area contributed by atoms with Gasteiger partial charge in [0.25, 0.3) is 11.5 Å². The summed E-state index contributed by atoms with van der Waals surface area (Å²) in [6.07, 6.45) is 2.42. The van der Waals surface area contributed by atoms with Crippen molar-refractivity contribution in [1.82, 2.24) is 14.9 Å². The highest BCUT2D eigenvalue weighted by atomic mass is 35.5. The lowest BCUT2D eigenvalue weighted by Gasteiger charge is -2.23. The molecule has 8 nitrogen and oxygen atoms in total. The molecule has 0 unspecified atom stereocenters. The Bertz CT molecular complexity index is 1270. The lowest BCUT2D eigenvalue weighted by Crippen LogP contribution is -2.42. The van der Waals surface area contributed by atoms with Crippen molar-refractivity contribution in [3.63, 3.8) is 0 Å². The van der Waals surface area contributed by atoms with Crippen molar-refractivity contribution in [2.75, 3.05) is 18.5 Å². The molecule has 1 amide bonds. The number of rotatable bonds is 8. The van der Waals surface area contributed by atoms with E-state index in [9.17, 15) is 14.0 Å². The van der Waals surface area contributed by atoms with Gasteiger partial charge in [0.2, 0.25) is 5.95 Å². The number of carbonyl (C=O) groups excluding carboxylic acids is 1. The number of carbonyl (C=O) groups is 1. The van der Waals surface area contributed by atoms with Gasteiger partial charge in [0.1, 0.15) is 5.56 Å². The van der Waals surface area contributed by atoms with Crippen LogP contribution < -0.4 is 20.9 Å². The Morgan fingerprint density at radius 3 is 2.61 bits per heavy atom. The van der Waals surface area contributed by atoms with E-state index in [-0.39, 0.29) is 36.0 Å². The second kappa shape index (κ2) is 11.5. The van der Waals surface area contributed by atoms with Crippen molar-refractivity contribution >= 4 is 29.1 Å². The van der Waals surface area contributed by atoms with Crippen LogP contribution in [0.15, 0.2) is 53.5 Å². The van der Waals surface area contributed by atoms with E-state index in [1.807, 2.05) is 13.8 Å². The van der Waals surface area contributed by atoms with Crippen LogP contribution in [-0.4, -0.2) is 40.8 Å². The number of nitrogens with one attached hydrogen (secondary N) is 2. The predicted molar refractivity (Wildman–Crippen MR) is 136 cm³/mol. The summed E-state index contributed by atoms with van der Waals surface area (Å²) in [5.41, 5.74) is 0.556. The van der Waals surface area contributed by atoms with Crippen molar-refractivity contribution in [3.8, 4) is 5.75 Å². The third kappa shape index (κ3) is 6.41. The molecule has 1 aliphatic rings. The maximum absolute atomic E-state index is 14.5. The van der Waals surface area contributed by atoms with Gasteiger partial charge in [-0.05, 0) is 56.5 Å². The van der Waals surface area contributed by atoms with Gasteiger partial charge in [-0.2, -0.15) is 0 Å². The molecule has 3 aromatic rings. The highest BCUT2D eigenvalue weighted by molar-refractivity contribution is 6.30. The normalized spacial score (nSPS) is 14.0. The molecular weight excluding hydrogens is 487 g/mol. The molecule has 36 heavy (non-hydrogen) atoms. The van der Waals surface area contributed by atoms with E-state index in [0.29, 0.717) is 36.8 Å². The number of aromatic nitrogens is 2. The van der Waals surface area contributed by atoms with Crippen molar-refractivity contribution in [2.24, 2.45) is 0 Å². The summed E-state index contributed by atoms with van der Waals surface area (Å²) in [5.74, 6) is -0.749. The molecule has 0 saturated carbocycles. The van der Waals surface area contributed by atoms with E-state index in [1.54, 1.807) is 30.3 Å². The number of ether oxygens (including phenoxy) is 2. The Kier molecular flexibility index (Phi) is 8.22. The topological polar surface area (TPSA) is 94.5 Å². The van der Waals surface area contributed by atoms with Crippen LogP contribution in [0.5, 0.6) is 5.75 Å². The number of anilines is 2. The molecule has 190 valence electrons. The molecule has 0 atom stereocenters. The minimum atomic E-state index is -0.548. The first kappa shape index (κ1) is 25.7. The van der Waals surface area contributed by atoms with E-state index >= 15 is 0 Å². The van der Waals surface area contributed by atoms with Gasteiger partial charge in [-0.3, -0.25) is 14.2 Å². The zero-order valence-corrected chi connectivity index (χ0v) is 20.8. The number of halogens is 2. The molecule has 2 heterocycles. The number of amides is 1. The highest BCUT2D eigenvalue weighted by Crippen LogP contribution is 2.24. The fraction of sp³-hybridized carbons (Fsp3) is 0.346. The van der Waals surface area contributed by atoms with Crippen LogP contribution in [0.1, 0.15) is 42.6 Å². The molecule has 1 saturated heterocycles. The molecule has 0 radical (unpaired) electrons. The second-order valence-corrected chi connectivity index (χ2v) is 9.25. The van der Waals surface area contributed by atoms with Gasteiger partial charge >= 0.3 is 0 Å². The fourth-order valence-electron chi connectivity index (χ4n) is 3.83. The average molecular weight is 515 g/mol. The van der Waals surface area contributed by atoms with Crippen molar-refractivity contribution in [2.45, 2.75) is 45.4 Å². The molecule has 0 aliphatic carbocycles. The van der Waals surface area contributed by atoms with E-state index in [0.717, 1.165) is 5.56 Å². The number of benzene rings is 2. The minimum absolute atomic E-state index is 0.0669. The third-order valence-corrected chi connectivity index (χ3v) is 5.90. The molecule has 1 fully saturated rings. The average Bonchev–Trinajstić information content (AvgIpc) is 2.84. The Morgan fingerprint density at radius 1 is 1.22 bits per heavy atom. The number of nitrogens with zero attached hydrogens (tertiary/aromatic N) is 2. The summed E-state index contributed by atoms with van der Waals surface area (Å²) in [6, 6.07) is 11.3. The lowest BCUT2D eigenvalue weighted by molar-refractivity contribution is 0.0695. The van der Waals surface area contributed by atoms with Crippen molar-refractivity contribution in [1.29, 1.82) is 0 Å². The van der Waals surface area contributed by atoms with Gasteiger partial charge in [0.15, 0.2) is 11.6 Å². The third-order valence-electron chi connectivity index (χ3n) is 5.65. The smallest absolute Gasteiger partial charge is 0.268 e. The zero-order valence-electron chi connectivity index (χ0n) is 20.1. The summed E-state index contributed by atoms with van der Waals surface area (Å²) < 4.78 is 26.7. The van der Waals surface area contributed by atoms with Crippen LogP contribution in [0.3, 0.4) is 0 Å². The van der Waals surface area contributed by atoms with Crippen molar-refractivity contribution in [3.05, 3.63) is 81.0 Å². The van der Waals surface area contributed by atoms with Crippen LogP contribution >= 0.6 is 11.6 Å². The molecular formula is C26H28ClFN4O4. The molecule has 1 aromatic heterocycles. The molecule has 1 aliphatic heterocycles. The molecule has 4 rings (SSSR count). The second-order valence-electron chi connectivity index (χ2n) is 8.81. The van der Waals surface area contributed by atoms with E-state index < -0.39 is 17.3 Å². The largest absolute Gasteiger partial charge is 0.488 e. The van der Waals surface area contributed by atoms with E-state index in [2.05, 4.69) is 15.6 Å². The molecule has 0 spiro atoms. The Hall–Kier alpha value is -3.43. The monoisotopic (exact) mass is 514 g/mol. The maximum atomic E-state index is 14.5. The van der Waals surface area contributed by atoms with Gasteiger partial charge < -0.3 is 20.1 Å². The first-order chi connectivity index (χ1) is 17.3. The first-order valence-corrected chi connectivity index (χ1v) is 12.1. The molecule has 0 bridgehead atoms. The zero-order chi connectivity index (χ0) is 25.7. The summed E-state index contributed by atoms with van der Waals surface area (Å²) in [6.45, 7) is 4.87. The van der Waals surface area contributed by atoms with Crippen LogP contribution in [0, 0.1) is 5.82 Å². The SMILES string of the molecule is CC(C)Oc1ccc(Nc2ncc(C(=O)NC3CCOCC3)c(=O)n2Cc2ccc(Cl)cc2)cc1F. The standard InChI is InChI=1S/C26H28ClFN4O4/c1-16(2)36-23-8-7-20(13-22(23)28)31-26-29-14-21(24(33)30-19-9-11-35-12-10-19)25(34)32(26)15-17-3-5-18(27)6-4-17/h3-8,13-14,16,19H,9-12,15H2,1-2H3,(H,29,31)(H,30,33). The summed E-state index contributed by atoms with van der Waals surface area (Å²) in [7, 11) is 0.